The van der Waals surface area contributed by atoms with Crippen LogP contribution in [-0.2, 0) is 0 Å². The molecule has 0 aromatic heterocycles. The van der Waals surface area contributed by atoms with Gasteiger partial charge < -0.3 is 4.51 Å². The van der Waals surface area contributed by atoms with Gasteiger partial charge in [-0.05, 0) is 0 Å². The van der Waals surface area contributed by atoms with Crippen molar-refractivity contribution in [2.75, 3.05) is 0 Å². The van der Waals surface area contributed by atoms with Gasteiger partial charge >= 0.3 is 9.68 Å². The molecule has 0 N–H and O–H groups in total. The van der Waals surface area contributed by atoms with Gasteiger partial charge in [-0.15, -0.1) is 0 Å². The fraction of sp³-hybridized carbons (Fsp3) is 0.500. The van der Waals surface area contributed by atoms with Gasteiger partial charge in [-0.1, -0.05) is 0 Å². The minimum absolute atomic E-state index is 0.432. The highest BCUT2D eigenvalue weighted by atomic mass is 28.2. The van der Waals surface area contributed by atoms with Crippen molar-refractivity contribution in [3.05, 3.63) is 11.1 Å². The lowest BCUT2D eigenvalue weighted by molar-refractivity contribution is 2.24. The van der Waals surface area contributed by atoms with Gasteiger partial charge in [0.2, 0.25) is 0 Å². The summed E-state index contributed by atoms with van der Waals surface area (Å²) in [6.07, 6.45) is 0. The monoisotopic (exact) mass is 69.0 g/mol. The Labute approximate surface area is 28.4 Å². The molecule has 0 fully saturated rings. The van der Waals surface area contributed by atoms with Crippen LogP contribution in [0, 0.1) is 6.57 Å². The van der Waals surface area contributed by atoms with E-state index in [4.69, 9.17) is 6.57 Å². The van der Waals surface area contributed by atoms with Crippen molar-refractivity contribution in [1.29, 1.82) is 0 Å². The van der Waals surface area contributed by atoms with Crippen molar-refractivity contribution in [3.63, 3.8) is 0 Å². The number of hydrogen-bond donors (Lipinski definition) is 0. The largest absolute Gasteiger partial charge is 0.586 e. The molecule has 0 atom stereocenters. The Hall–Kier alpha value is -0.293. The second kappa shape index (κ2) is 2.71. The molecule has 4 heavy (non-hydrogen) atoms. The summed E-state index contributed by atoms with van der Waals surface area (Å²) in [7, 11) is 0.432. The maximum absolute atomic E-state index is 6.09. The van der Waals surface area contributed by atoms with Crippen molar-refractivity contribution in [3.8, 4) is 0 Å². The Morgan fingerprint density at radius 1 is 2.00 bits per heavy atom. The lowest BCUT2D eigenvalue weighted by Gasteiger charge is -1.44. The molecule has 0 heterocycles. The molecule has 0 aromatic carbocycles. The topological polar surface area (TPSA) is 4.36 Å². The highest BCUT2D eigenvalue weighted by Crippen LogP contribution is 1.47. The number of nitrogens with zero attached hydrogens (tertiary/aromatic N) is 1. The van der Waals surface area contributed by atoms with Gasteiger partial charge in [-0.3, -0.25) is 6.57 Å². The molecule has 2 heteroatoms. The first-order valence-electron chi connectivity index (χ1n) is 0.947. The Morgan fingerprint density at radius 2 is 2.25 bits per heavy atom. The molecule has 0 spiro atoms. The van der Waals surface area contributed by atoms with Crippen LogP contribution in [-0.4, -0.2) is 9.68 Å². The zero-order valence-corrected chi connectivity index (χ0v) is 3.45. The normalized spacial score (nSPS) is 5.00. The van der Waals surface area contributed by atoms with Gasteiger partial charge in [-0.2, -0.15) is 0 Å². The van der Waals surface area contributed by atoms with Crippen LogP contribution in [0.25, 0.3) is 4.51 Å². The Kier molecular flexibility index (Phi) is 2.51. The Bertz CT molecular complexity index is 35.8. The summed E-state index contributed by atoms with van der Waals surface area (Å²) in [4.78, 5) is 0. The van der Waals surface area contributed by atoms with E-state index < -0.39 is 0 Å². The average molecular weight is 69.1 g/mol. The van der Waals surface area contributed by atoms with Crippen LogP contribution in [0.2, 0.25) is 6.55 Å². The van der Waals surface area contributed by atoms with E-state index in [0.29, 0.717) is 9.68 Å². The van der Waals surface area contributed by atoms with Crippen molar-refractivity contribution >= 4 is 9.68 Å². The van der Waals surface area contributed by atoms with Crippen molar-refractivity contribution < 1.29 is 0 Å². The molecule has 2 radical (unpaired) electrons. The third-order valence-corrected chi connectivity index (χ3v) is 0.335. The first-order chi connectivity index (χ1) is 1.91. The summed E-state index contributed by atoms with van der Waals surface area (Å²) in [5.41, 5.74) is 0. The maximum Gasteiger partial charge on any atom is 0.586 e. The van der Waals surface area contributed by atoms with E-state index in [2.05, 4.69) is 4.51 Å². The van der Waals surface area contributed by atoms with Gasteiger partial charge in [0, 0.05) is 6.55 Å². The quantitative estimate of drug-likeness (QED) is 0.289. The molecule has 1 nitrogen and oxygen atoms in total. The first-order valence-corrected chi connectivity index (χ1v) is 2.39. The molecule has 0 rings (SSSR count). The summed E-state index contributed by atoms with van der Waals surface area (Å²) >= 11 is 0. The molecule has 0 aliphatic heterocycles. The molecule has 0 saturated carbocycles. The molecular formula is C2H3NSi. The van der Waals surface area contributed by atoms with E-state index in [1.165, 1.54) is 0 Å². The van der Waals surface area contributed by atoms with Crippen LogP contribution >= 0.6 is 0 Å². The van der Waals surface area contributed by atoms with Crippen molar-refractivity contribution in [2.45, 2.75) is 6.55 Å². The third-order valence-electron chi connectivity index (χ3n) is 0.112. The van der Waals surface area contributed by atoms with Crippen LogP contribution < -0.4 is 0 Å². The SMILES string of the molecule is [C-]#[N+][Si]C. The lowest BCUT2D eigenvalue weighted by Crippen LogP contribution is -1.55. The second-order valence-electron chi connectivity index (χ2n) is 0.335. The predicted molar refractivity (Wildman–Crippen MR) is 18.2 cm³/mol. The third kappa shape index (κ3) is 1.71. The minimum atomic E-state index is 0.432. The Balaban J connectivity index is 2.43. The van der Waals surface area contributed by atoms with E-state index in [9.17, 15) is 0 Å². The van der Waals surface area contributed by atoms with E-state index >= 15 is 0 Å². The highest BCUT2D eigenvalue weighted by molar-refractivity contribution is 6.37. The van der Waals surface area contributed by atoms with E-state index in [0.717, 1.165) is 0 Å². The number of hydrogen-bond acceptors (Lipinski definition) is 0. The van der Waals surface area contributed by atoms with Gasteiger partial charge in [0.25, 0.3) is 0 Å². The summed E-state index contributed by atoms with van der Waals surface area (Å²) in [5.74, 6) is 0. The molecule has 0 amide bonds. The highest BCUT2D eigenvalue weighted by Gasteiger charge is 1.70. The molecule has 0 aromatic rings. The summed E-state index contributed by atoms with van der Waals surface area (Å²) in [6.45, 7) is 7.94. The minimum Gasteiger partial charge on any atom is -0.403 e. The summed E-state index contributed by atoms with van der Waals surface area (Å²) in [5, 5.41) is 0. The molecule has 0 saturated heterocycles. The number of rotatable bonds is 0. The van der Waals surface area contributed by atoms with Gasteiger partial charge in [0.15, 0.2) is 0 Å². The van der Waals surface area contributed by atoms with Gasteiger partial charge in [0.05, 0.1) is 0 Å². The zero-order chi connectivity index (χ0) is 3.41. The Morgan fingerprint density at radius 3 is 2.25 bits per heavy atom. The van der Waals surface area contributed by atoms with Gasteiger partial charge in [-0.25, -0.2) is 0 Å². The average Bonchev–Trinajstić information content (AvgIpc) is 1.37. The molecule has 0 aliphatic carbocycles. The van der Waals surface area contributed by atoms with Crippen molar-refractivity contribution in [2.24, 2.45) is 0 Å². The van der Waals surface area contributed by atoms with Crippen LogP contribution in [0.15, 0.2) is 0 Å². The predicted octanol–water partition coefficient (Wildman–Crippen LogP) is 0.573. The van der Waals surface area contributed by atoms with E-state index in [1.807, 2.05) is 6.55 Å². The van der Waals surface area contributed by atoms with E-state index in [-0.39, 0.29) is 0 Å². The fourth-order valence-corrected chi connectivity index (χ4v) is 0. The van der Waals surface area contributed by atoms with Crippen LogP contribution in [0.1, 0.15) is 0 Å². The van der Waals surface area contributed by atoms with Gasteiger partial charge in [0.1, 0.15) is 0 Å². The maximum atomic E-state index is 6.09. The molecular weight excluding hydrogens is 66.1 g/mol. The smallest absolute Gasteiger partial charge is 0.403 e. The fourth-order valence-electron chi connectivity index (χ4n) is 0. The molecule has 0 aliphatic rings. The lowest BCUT2D eigenvalue weighted by atomic mass is 11.8. The standard InChI is InChI=1S/C2H3NSi/c1-3-4-2/h2H3. The molecule has 0 bridgehead atoms. The first kappa shape index (κ1) is 3.71. The zero-order valence-electron chi connectivity index (χ0n) is 2.45. The van der Waals surface area contributed by atoms with Crippen LogP contribution in [0.4, 0.5) is 0 Å². The van der Waals surface area contributed by atoms with Crippen molar-refractivity contribution in [1.82, 2.24) is 0 Å². The second-order valence-corrected chi connectivity index (χ2v) is 1.01. The van der Waals surface area contributed by atoms with E-state index in [1.54, 1.807) is 0 Å². The molecule has 0 unspecified atom stereocenters. The summed E-state index contributed by atoms with van der Waals surface area (Å²) in [6, 6.07) is 0. The molecule has 20 valence electrons. The van der Waals surface area contributed by atoms with Crippen LogP contribution in [0.3, 0.4) is 0 Å². The summed E-state index contributed by atoms with van der Waals surface area (Å²) < 4.78 is 3.01. The van der Waals surface area contributed by atoms with Crippen LogP contribution in [0.5, 0.6) is 0 Å².